The summed E-state index contributed by atoms with van der Waals surface area (Å²) in [6, 6.07) is 15.5. The molecule has 3 heteroatoms. The van der Waals surface area contributed by atoms with E-state index in [1.165, 1.54) is 3.57 Å². The van der Waals surface area contributed by atoms with E-state index in [2.05, 4.69) is 27.9 Å². The van der Waals surface area contributed by atoms with Crippen molar-refractivity contribution in [2.24, 2.45) is 0 Å². The highest BCUT2D eigenvalue weighted by atomic mass is 127. The molecule has 19 heavy (non-hydrogen) atoms. The number of rotatable bonds is 4. The van der Waals surface area contributed by atoms with Gasteiger partial charge in [-0.15, -0.1) is 0 Å². The van der Waals surface area contributed by atoms with Crippen molar-refractivity contribution in [3.8, 4) is 0 Å². The third kappa shape index (κ3) is 3.92. The Morgan fingerprint density at radius 3 is 2.26 bits per heavy atom. The molecule has 0 fully saturated rings. The summed E-state index contributed by atoms with van der Waals surface area (Å²) < 4.78 is 1.18. The predicted molar refractivity (Wildman–Crippen MR) is 88.5 cm³/mol. The highest BCUT2D eigenvalue weighted by molar-refractivity contribution is 14.1. The van der Waals surface area contributed by atoms with Crippen LogP contribution in [0.4, 0.5) is 5.69 Å². The molecule has 0 aliphatic rings. The lowest BCUT2D eigenvalue weighted by molar-refractivity contribution is 0.104. The van der Waals surface area contributed by atoms with Gasteiger partial charge in [0, 0.05) is 21.9 Å². The molecule has 0 radical (unpaired) electrons. The molecule has 0 unspecified atom stereocenters. The Kier molecular flexibility index (Phi) is 4.74. The standard InChI is InChI=1S/C16H14INO/c1-18-15-9-5-13(6-10-15)16(19)11-4-12-2-7-14(17)8-3-12/h2-11,18H,1H3/b11-4+. The van der Waals surface area contributed by atoms with Crippen LogP contribution in [-0.2, 0) is 0 Å². The second kappa shape index (κ2) is 6.52. The molecule has 0 saturated carbocycles. The third-order valence-electron chi connectivity index (χ3n) is 2.76. The molecule has 0 spiro atoms. The van der Waals surface area contributed by atoms with Crippen LogP contribution in [0.1, 0.15) is 15.9 Å². The van der Waals surface area contributed by atoms with Gasteiger partial charge in [-0.05, 0) is 70.6 Å². The molecule has 0 aromatic heterocycles. The first-order valence-electron chi connectivity index (χ1n) is 5.95. The van der Waals surface area contributed by atoms with Crippen molar-refractivity contribution in [1.29, 1.82) is 0 Å². The number of ketones is 1. The van der Waals surface area contributed by atoms with E-state index in [-0.39, 0.29) is 5.78 Å². The molecule has 0 heterocycles. The predicted octanol–water partition coefficient (Wildman–Crippen LogP) is 4.23. The molecule has 2 aromatic rings. The molecule has 1 N–H and O–H groups in total. The summed E-state index contributed by atoms with van der Waals surface area (Å²) in [5.74, 6) is 0.0150. The summed E-state index contributed by atoms with van der Waals surface area (Å²) in [4.78, 5) is 12.0. The highest BCUT2D eigenvalue weighted by Gasteiger charge is 2.01. The fourth-order valence-corrected chi connectivity index (χ4v) is 2.00. The molecule has 0 aliphatic heterocycles. The van der Waals surface area contributed by atoms with E-state index in [4.69, 9.17) is 0 Å². The fourth-order valence-electron chi connectivity index (χ4n) is 1.64. The zero-order valence-corrected chi connectivity index (χ0v) is 12.7. The number of hydrogen-bond acceptors (Lipinski definition) is 2. The summed E-state index contributed by atoms with van der Waals surface area (Å²) in [5, 5.41) is 3.03. The molecule has 2 nitrogen and oxygen atoms in total. The number of hydrogen-bond donors (Lipinski definition) is 1. The zero-order valence-electron chi connectivity index (χ0n) is 10.6. The number of allylic oxidation sites excluding steroid dienone is 1. The van der Waals surface area contributed by atoms with Crippen LogP contribution >= 0.6 is 22.6 Å². The quantitative estimate of drug-likeness (QED) is 0.501. The Morgan fingerprint density at radius 2 is 1.68 bits per heavy atom. The number of halogens is 1. The van der Waals surface area contributed by atoms with E-state index < -0.39 is 0 Å². The lowest BCUT2D eigenvalue weighted by Gasteiger charge is -2.00. The molecular formula is C16H14INO. The Bertz CT molecular complexity index is 585. The van der Waals surface area contributed by atoms with Gasteiger partial charge in [-0.25, -0.2) is 0 Å². The fraction of sp³-hybridized carbons (Fsp3) is 0.0625. The van der Waals surface area contributed by atoms with Crippen LogP contribution in [0.2, 0.25) is 0 Å². The van der Waals surface area contributed by atoms with Crippen LogP contribution in [0.25, 0.3) is 6.08 Å². The van der Waals surface area contributed by atoms with E-state index in [0.29, 0.717) is 5.56 Å². The Morgan fingerprint density at radius 1 is 1.05 bits per heavy atom. The lowest BCUT2D eigenvalue weighted by Crippen LogP contribution is -1.95. The summed E-state index contributed by atoms with van der Waals surface area (Å²) in [6.45, 7) is 0. The van der Waals surface area contributed by atoms with Crippen molar-refractivity contribution in [1.82, 2.24) is 0 Å². The molecule has 0 amide bonds. The van der Waals surface area contributed by atoms with Crippen molar-refractivity contribution in [3.05, 3.63) is 69.3 Å². The van der Waals surface area contributed by atoms with Crippen molar-refractivity contribution in [2.75, 3.05) is 12.4 Å². The molecular weight excluding hydrogens is 349 g/mol. The minimum absolute atomic E-state index is 0.0150. The number of carbonyl (C=O) groups excluding carboxylic acids is 1. The molecule has 2 aromatic carbocycles. The van der Waals surface area contributed by atoms with Gasteiger partial charge >= 0.3 is 0 Å². The Hall–Kier alpha value is -1.62. The first-order chi connectivity index (χ1) is 9.19. The van der Waals surface area contributed by atoms with Crippen molar-refractivity contribution in [3.63, 3.8) is 0 Å². The smallest absolute Gasteiger partial charge is 0.185 e. The van der Waals surface area contributed by atoms with Gasteiger partial charge < -0.3 is 5.32 Å². The maximum atomic E-state index is 12.0. The van der Waals surface area contributed by atoms with E-state index in [0.717, 1.165) is 11.3 Å². The van der Waals surface area contributed by atoms with E-state index in [1.54, 1.807) is 6.08 Å². The molecule has 2 rings (SSSR count). The van der Waals surface area contributed by atoms with E-state index >= 15 is 0 Å². The molecule has 0 saturated heterocycles. The van der Waals surface area contributed by atoms with Crippen molar-refractivity contribution < 1.29 is 4.79 Å². The number of carbonyl (C=O) groups is 1. The average Bonchev–Trinajstić information content (AvgIpc) is 2.46. The van der Waals surface area contributed by atoms with Gasteiger partial charge in [0.25, 0.3) is 0 Å². The van der Waals surface area contributed by atoms with Crippen LogP contribution in [0.15, 0.2) is 54.6 Å². The van der Waals surface area contributed by atoms with Crippen LogP contribution in [-0.4, -0.2) is 12.8 Å². The highest BCUT2D eigenvalue weighted by Crippen LogP contribution is 2.11. The van der Waals surface area contributed by atoms with Gasteiger partial charge in [0.05, 0.1) is 0 Å². The van der Waals surface area contributed by atoms with Crippen molar-refractivity contribution in [2.45, 2.75) is 0 Å². The van der Waals surface area contributed by atoms with Crippen molar-refractivity contribution >= 4 is 40.1 Å². The summed E-state index contributed by atoms with van der Waals surface area (Å²) in [7, 11) is 1.85. The average molecular weight is 363 g/mol. The summed E-state index contributed by atoms with van der Waals surface area (Å²) in [5.41, 5.74) is 2.72. The van der Waals surface area contributed by atoms with Gasteiger partial charge in [0.1, 0.15) is 0 Å². The number of benzene rings is 2. The second-order valence-corrected chi connectivity index (χ2v) is 5.32. The van der Waals surface area contributed by atoms with Crippen LogP contribution in [0.3, 0.4) is 0 Å². The molecule has 0 bridgehead atoms. The van der Waals surface area contributed by atoms with Crippen LogP contribution < -0.4 is 5.32 Å². The largest absolute Gasteiger partial charge is 0.388 e. The van der Waals surface area contributed by atoms with E-state index in [9.17, 15) is 4.79 Å². The minimum atomic E-state index is 0.0150. The van der Waals surface area contributed by atoms with Gasteiger partial charge in [-0.3, -0.25) is 4.79 Å². The normalized spacial score (nSPS) is 10.6. The van der Waals surface area contributed by atoms with Gasteiger partial charge in [0.2, 0.25) is 0 Å². The zero-order chi connectivity index (χ0) is 13.7. The second-order valence-electron chi connectivity index (χ2n) is 4.08. The lowest BCUT2D eigenvalue weighted by atomic mass is 10.1. The molecule has 0 aliphatic carbocycles. The maximum absolute atomic E-state index is 12.0. The Balaban J connectivity index is 2.09. The SMILES string of the molecule is CNc1ccc(C(=O)/C=C/c2ccc(I)cc2)cc1. The number of nitrogens with one attached hydrogen (secondary N) is 1. The summed E-state index contributed by atoms with van der Waals surface area (Å²) >= 11 is 2.26. The third-order valence-corrected chi connectivity index (χ3v) is 3.47. The van der Waals surface area contributed by atoms with Crippen LogP contribution in [0.5, 0.6) is 0 Å². The van der Waals surface area contributed by atoms with Gasteiger partial charge in [-0.2, -0.15) is 0 Å². The maximum Gasteiger partial charge on any atom is 0.185 e. The molecule has 0 atom stereocenters. The van der Waals surface area contributed by atoms with Gasteiger partial charge in [-0.1, -0.05) is 18.2 Å². The number of anilines is 1. The van der Waals surface area contributed by atoms with Gasteiger partial charge in [0.15, 0.2) is 5.78 Å². The first-order valence-corrected chi connectivity index (χ1v) is 7.03. The first kappa shape index (κ1) is 13.8. The summed E-state index contributed by atoms with van der Waals surface area (Å²) in [6.07, 6.45) is 3.45. The van der Waals surface area contributed by atoms with E-state index in [1.807, 2.05) is 61.7 Å². The monoisotopic (exact) mass is 363 g/mol. The topological polar surface area (TPSA) is 29.1 Å². The van der Waals surface area contributed by atoms with Crippen LogP contribution in [0, 0.1) is 3.57 Å². The minimum Gasteiger partial charge on any atom is -0.388 e. The molecule has 96 valence electrons. The Labute approximate surface area is 126 Å².